The Morgan fingerprint density at radius 3 is 1.89 bits per heavy atom. The average Bonchev–Trinajstić information content (AvgIpc) is 1.59. The standard InChI is InChI=1S/C5H15NOP.H2O/c1-6(2,3)4-5-7-8;/h4-5,8H2,1-3H3;1H2/q+1;. The van der Waals surface area contributed by atoms with Gasteiger partial charge in [-0.15, -0.1) is 0 Å². The van der Waals surface area contributed by atoms with Gasteiger partial charge in [-0.1, -0.05) is 0 Å². The maximum atomic E-state index is 4.82. The van der Waals surface area contributed by atoms with Gasteiger partial charge in [-0.2, -0.15) is 0 Å². The number of hydrogen-bond donors (Lipinski definition) is 0. The number of likely N-dealkylation sites (N-methyl/N-ethyl adjacent to an activating group) is 1. The Hall–Kier alpha value is 0.310. The fourth-order valence-corrected chi connectivity index (χ4v) is 0.432. The molecule has 0 bridgehead atoms. The summed E-state index contributed by atoms with van der Waals surface area (Å²) < 4.78 is 5.79. The zero-order valence-electron chi connectivity index (χ0n) is 6.35. The minimum atomic E-state index is 0. The lowest BCUT2D eigenvalue weighted by molar-refractivity contribution is -0.870. The molecule has 0 aliphatic rings. The molecule has 0 aromatic rings. The molecule has 0 spiro atoms. The van der Waals surface area contributed by atoms with Crippen molar-refractivity contribution in [1.82, 2.24) is 0 Å². The van der Waals surface area contributed by atoms with Crippen molar-refractivity contribution in [2.45, 2.75) is 0 Å². The molecule has 58 valence electrons. The molecule has 0 heterocycles. The van der Waals surface area contributed by atoms with Crippen molar-refractivity contribution in [3.63, 3.8) is 0 Å². The van der Waals surface area contributed by atoms with E-state index in [-0.39, 0.29) is 5.48 Å². The van der Waals surface area contributed by atoms with Gasteiger partial charge in [0.2, 0.25) is 0 Å². The monoisotopic (exact) mass is 154 g/mol. The number of quaternary nitrogens is 1. The van der Waals surface area contributed by atoms with Crippen LogP contribution in [0, 0.1) is 0 Å². The van der Waals surface area contributed by atoms with Crippen LogP contribution < -0.4 is 0 Å². The average molecular weight is 154 g/mol. The molecule has 1 unspecified atom stereocenters. The Labute approximate surface area is 59.2 Å². The van der Waals surface area contributed by atoms with Crippen LogP contribution in [0.3, 0.4) is 0 Å². The Morgan fingerprint density at radius 2 is 1.78 bits per heavy atom. The van der Waals surface area contributed by atoms with Gasteiger partial charge in [-0.05, 0) is 0 Å². The van der Waals surface area contributed by atoms with Crippen molar-refractivity contribution in [2.75, 3.05) is 34.3 Å². The summed E-state index contributed by atoms with van der Waals surface area (Å²) in [4.78, 5) is 0. The molecule has 0 rings (SSSR count). The van der Waals surface area contributed by atoms with Gasteiger partial charge in [0.15, 0.2) is 0 Å². The molecule has 0 aromatic heterocycles. The van der Waals surface area contributed by atoms with Crippen LogP contribution >= 0.6 is 9.47 Å². The Balaban J connectivity index is 0. The van der Waals surface area contributed by atoms with Crippen LogP contribution in [0.15, 0.2) is 0 Å². The van der Waals surface area contributed by atoms with Crippen LogP contribution in [0.5, 0.6) is 0 Å². The highest BCUT2D eigenvalue weighted by atomic mass is 31.0. The van der Waals surface area contributed by atoms with E-state index in [0.29, 0.717) is 0 Å². The summed E-state index contributed by atoms with van der Waals surface area (Å²) in [6.07, 6.45) is 0. The van der Waals surface area contributed by atoms with Crippen molar-refractivity contribution in [2.24, 2.45) is 0 Å². The van der Waals surface area contributed by atoms with Gasteiger partial charge in [0.05, 0.1) is 27.7 Å². The maximum absolute atomic E-state index is 4.82. The van der Waals surface area contributed by atoms with Crippen LogP contribution in [0.25, 0.3) is 0 Å². The Kier molecular flexibility index (Phi) is 6.85. The minimum absolute atomic E-state index is 0. The van der Waals surface area contributed by atoms with Crippen molar-refractivity contribution in [3.8, 4) is 0 Å². The van der Waals surface area contributed by atoms with Gasteiger partial charge in [0.1, 0.15) is 6.54 Å². The molecule has 0 saturated carbocycles. The predicted octanol–water partition coefficient (Wildman–Crippen LogP) is -0.325. The first-order valence-corrected chi connectivity index (χ1v) is 3.15. The van der Waals surface area contributed by atoms with Gasteiger partial charge in [-0.25, -0.2) is 0 Å². The molecule has 0 saturated heterocycles. The fraction of sp³-hybridized carbons (Fsp3) is 1.00. The molecule has 0 aliphatic carbocycles. The summed E-state index contributed by atoms with van der Waals surface area (Å²) >= 11 is 0. The van der Waals surface area contributed by atoms with Crippen LogP contribution in [0.1, 0.15) is 0 Å². The summed E-state index contributed by atoms with van der Waals surface area (Å²) in [7, 11) is 8.68. The van der Waals surface area contributed by atoms with E-state index in [1.165, 1.54) is 0 Å². The summed E-state index contributed by atoms with van der Waals surface area (Å²) in [6.45, 7) is 1.87. The minimum Gasteiger partial charge on any atom is -0.412 e. The molecule has 9 heavy (non-hydrogen) atoms. The molecule has 0 radical (unpaired) electrons. The highest BCUT2D eigenvalue weighted by molar-refractivity contribution is 7.09. The first kappa shape index (κ1) is 12.0. The van der Waals surface area contributed by atoms with Gasteiger partial charge in [0.25, 0.3) is 0 Å². The maximum Gasteiger partial charge on any atom is 0.102 e. The van der Waals surface area contributed by atoms with E-state index in [4.69, 9.17) is 4.52 Å². The molecule has 0 aliphatic heterocycles. The first-order chi connectivity index (χ1) is 3.56. The molecule has 1 atom stereocenters. The topological polar surface area (TPSA) is 40.7 Å². The summed E-state index contributed by atoms with van der Waals surface area (Å²) in [5.74, 6) is 0. The highest BCUT2D eigenvalue weighted by Crippen LogP contribution is 1.91. The smallest absolute Gasteiger partial charge is 0.102 e. The fourth-order valence-electron chi connectivity index (χ4n) is 0.327. The molecule has 0 amide bonds. The Morgan fingerprint density at radius 1 is 1.33 bits per heavy atom. The summed E-state index contributed by atoms with van der Waals surface area (Å²) in [5, 5.41) is 0. The van der Waals surface area contributed by atoms with E-state index in [1.807, 2.05) is 0 Å². The predicted molar refractivity (Wildman–Crippen MR) is 42.2 cm³/mol. The SMILES string of the molecule is C[N+](C)(C)CCOP.O. The molecule has 2 N–H and O–H groups in total. The van der Waals surface area contributed by atoms with Crippen molar-refractivity contribution in [1.29, 1.82) is 0 Å². The molecular weight excluding hydrogens is 137 g/mol. The Bertz CT molecular complexity index is 62.5. The van der Waals surface area contributed by atoms with Gasteiger partial charge < -0.3 is 14.5 Å². The first-order valence-electron chi connectivity index (χ1n) is 2.68. The quantitative estimate of drug-likeness (QED) is 0.405. The molecule has 4 heteroatoms. The third-order valence-electron chi connectivity index (χ3n) is 0.880. The lowest BCUT2D eigenvalue weighted by atomic mass is 10.5. The highest BCUT2D eigenvalue weighted by Gasteiger charge is 2.03. The second kappa shape index (κ2) is 5.12. The van der Waals surface area contributed by atoms with Crippen LogP contribution in [-0.2, 0) is 4.52 Å². The van der Waals surface area contributed by atoms with Gasteiger partial charge >= 0.3 is 0 Å². The lowest BCUT2D eigenvalue weighted by Gasteiger charge is -2.22. The molecule has 0 aromatic carbocycles. The van der Waals surface area contributed by atoms with E-state index < -0.39 is 0 Å². The molecular formula is C5H17NO2P+. The van der Waals surface area contributed by atoms with E-state index >= 15 is 0 Å². The number of nitrogens with zero attached hydrogens (tertiary/aromatic N) is 1. The second-order valence-corrected chi connectivity index (χ2v) is 3.22. The normalized spacial score (nSPS) is 10.7. The van der Waals surface area contributed by atoms with Gasteiger partial charge in [-0.3, -0.25) is 0 Å². The zero-order valence-corrected chi connectivity index (χ0v) is 7.50. The third-order valence-corrected chi connectivity index (χ3v) is 1.12. The van der Waals surface area contributed by atoms with E-state index in [1.54, 1.807) is 0 Å². The molecule has 3 nitrogen and oxygen atoms in total. The number of hydrogen-bond acceptors (Lipinski definition) is 1. The summed E-state index contributed by atoms with van der Waals surface area (Å²) in [5.41, 5.74) is 0. The lowest BCUT2D eigenvalue weighted by Crippen LogP contribution is -2.37. The molecule has 0 fully saturated rings. The summed E-state index contributed by atoms with van der Waals surface area (Å²) in [6, 6.07) is 0. The van der Waals surface area contributed by atoms with Crippen molar-refractivity contribution in [3.05, 3.63) is 0 Å². The zero-order chi connectivity index (χ0) is 6.62. The largest absolute Gasteiger partial charge is 0.412 e. The number of rotatable bonds is 3. The van der Waals surface area contributed by atoms with Crippen LogP contribution in [0.4, 0.5) is 0 Å². The van der Waals surface area contributed by atoms with Crippen molar-refractivity contribution >= 4 is 9.47 Å². The van der Waals surface area contributed by atoms with E-state index in [9.17, 15) is 0 Å². The van der Waals surface area contributed by atoms with E-state index in [2.05, 4.69) is 30.6 Å². The van der Waals surface area contributed by atoms with Gasteiger partial charge in [0, 0.05) is 9.47 Å². The third kappa shape index (κ3) is 11.7. The van der Waals surface area contributed by atoms with E-state index in [0.717, 1.165) is 17.6 Å². The van der Waals surface area contributed by atoms with Crippen LogP contribution in [0.2, 0.25) is 0 Å². The van der Waals surface area contributed by atoms with Crippen LogP contribution in [-0.4, -0.2) is 44.3 Å². The van der Waals surface area contributed by atoms with Crippen molar-refractivity contribution < 1.29 is 14.5 Å². The second-order valence-electron chi connectivity index (χ2n) is 2.88.